The summed E-state index contributed by atoms with van der Waals surface area (Å²) < 4.78 is 1.97. The molecule has 0 amide bonds. The van der Waals surface area contributed by atoms with Gasteiger partial charge in [-0.25, -0.2) is 9.97 Å². The third kappa shape index (κ3) is 1.59. The summed E-state index contributed by atoms with van der Waals surface area (Å²) in [6.07, 6.45) is 1.67. The van der Waals surface area contributed by atoms with Gasteiger partial charge < -0.3 is 4.57 Å². The molecule has 3 nitrogen and oxygen atoms in total. The van der Waals surface area contributed by atoms with Crippen molar-refractivity contribution < 1.29 is 0 Å². The summed E-state index contributed by atoms with van der Waals surface area (Å²) in [4.78, 5) is 8.66. The summed E-state index contributed by atoms with van der Waals surface area (Å²) in [7, 11) is 1.95. The van der Waals surface area contributed by atoms with Gasteiger partial charge in [0.2, 0.25) is 0 Å². The minimum atomic E-state index is 0.486. The van der Waals surface area contributed by atoms with Gasteiger partial charge in [0, 0.05) is 18.8 Å². The maximum absolute atomic E-state index is 6.09. The SMILES string of the molecule is Cn1c(-c2ccccc2)nc2ccnc(Cl)c21. The quantitative estimate of drug-likeness (QED) is 0.614. The van der Waals surface area contributed by atoms with Crippen LogP contribution in [0.3, 0.4) is 0 Å². The Morgan fingerprint density at radius 3 is 2.59 bits per heavy atom. The van der Waals surface area contributed by atoms with E-state index in [-0.39, 0.29) is 0 Å². The van der Waals surface area contributed by atoms with E-state index in [1.165, 1.54) is 0 Å². The average molecular weight is 244 g/mol. The van der Waals surface area contributed by atoms with Gasteiger partial charge in [0.25, 0.3) is 0 Å². The number of aromatic nitrogens is 3. The van der Waals surface area contributed by atoms with Crippen molar-refractivity contribution in [2.24, 2.45) is 7.05 Å². The molecular formula is C13H10ClN3. The van der Waals surface area contributed by atoms with Crippen LogP contribution in [0.25, 0.3) is 22.4 Å². The van der Waals surface area contributed by atoms with Crippen molar-refractivity contribution in [1.82, 2.24) is 14.5 Å². The number of fused-ring (bicyclic) bond motifs is 1. The number of imidazole rings is 1. The van der Waals surface area contributed by atoms with Crippen molar-refractivity contribution in [3.63, 3.8) is 0 Å². The van der Waals surface area contributed by atoms with Gasteiger partial charge in [-0.1, -0.05) is 41.9 Å². The predicted octanol–water partition coefficient (Wildman–Crippen LogP) is 3.29. The van der Waals surface area contributed by atoms with Crippen LogP contribution in [-0.2, 0) is 7.05 Å². The first-order chi connectivity index (χ1) is 8.27. The van der Waals surface area contributed by atoms with E-state index in [9.17, 15) is 0 Å². The molecule has 0 saturated heterocycles. The predicted molar refractivity (Wildman–Crippen MR) is 69.0 cm³/mol. The molecule has 1 aromatic carbocycles. The van der Waals surface area contributed by atoms with Gasteiger partial charge in [-0.2, -0.15) is 0 Å². The van der Waals surface area contributed by atoms with E-state index >= 15 is 0 Å². The number of aryl methyl sites for hydroxylation is 1. The third-order valence-corrected chi connectivity index (χ3v) is 3.05. The number of hydrogen-bond donors (Lipinski definition) is 0. The molecule has 0 radical (unpaired) electrons. The summed E-state index contributed by atoms with van der Waals surface area (Å²) in [5, 5.41) is 0.486. The summed E-state index contributed by atoms with van der Waals surface area (Å²) in [5.74, 6) is 0.899. The zero-order valence-electron chi connectivity index (χ0n) is 9.26. The maximum atomic E-state index is 6.09. The fourth-order valence-electron chi connectivity index (χ4n) is 1.96. The van der Waals surface area contributed by atoms with E-state index in [0.29, 0.717) is 5.15 Å². The lowest BCUT2D eigenvalue weighted by Crippen LogP contribution is -1.93. The van der Waals surface area contributed by atoms with Gasteiger partial charge in [-0.3, -0.25) is 0 Å². The zero-order chi connectivity index (χ0) is 11.8. The van der Waals surface area contributed by atoms with E-state index in [1.54, 1.807) is 6.20 Å². The molecule has 17 heavy (non-hydrogen) atoms. The van der Waals surface area contributed by atoms with E-state index in [4.69, 9.17) is 11.6 Å². The highest BCUT2D eigenvalue weighted by atomic mass is 35.5. The first-order valence-corrected chi connectivity index (χ1v) is 5.67. The molecule has 2 heterocycles. The molecule has 0 unspecified atom stereocenters. The number of hydrogen-bond acceptors (Lipinski definition) is 2. The first-order valence-electron chi connectivity index (χ1n) is 5.30. The van der Waals surface area contributed by atoms with Crippen molar-refractivity contribution in [2.45, 2.75) is 0 Å². The average Bonchev–Trinajstić information content (AvgIpc) is 2.69. The topological polar surface area (TPSA) is 30.7 Å². The Labute approximate surface area is 104 Å². The maximum Gasteiger partial charge on any atom is 0.154 e. The lowest BCUT2D eigenvalue weighted by Gasteiger charge is -2.02. The molecule has 4 heteroatoms. The Morgan fingerprint density at radius 1 is 1.12 bits per heavy atom. The summed E-state index contributed by atoms with van der Waals surface area (Å²) >= 11 is 6.09. The van der Waals surface area contributed by atoms with Crippen LogP contribution >= 0.6 is 11.6 Å². The molecule has 0 N–H and O–H groups in total. The highest BCUT2D eigenvalue weighted by Crippen LogP contribution is 2.26. The number of halogens is 1. The molecule has 0 aliphatic carbocycles. The fourth-order valence-corrected chi connectivity index (χ4v) is 2.24. The van der Waals surface area contributed by atoms with Gasteiger partial charge in [-0.15, -0.1) is 0 Å². The standard InChI is InChI=1S/C13H10ClN3/c1-17-11-10(7-8-15-12(11)14)16-13(17)9-5-3-2-4-6-9/h2-8H,1H3. The van der Waals surface area contributed by atoms with E-state index in [2.05, 4.69) is 9.97 Å². The zero-order valence-corrected chi connectivity index (χ0v) is 10.0. The largest absolute Gasteiger partial charge is 0.325 e. The van der Waals surface area contributed by atoms with E-state index < -0.39 is 0 Å². The Balaban J connectivity index is 2.33. The normalized spacial score (nSPS) is 10.9. The van der Waals surface area contributed by atoms with Crippen LogP contribution in [0.15, 0.2) is 42.6 Å². The molecule has 0 aliphatic heterocycles. The Kier molecular flexibility index (Phi) is 2.34. The van der Waals surface area contributed by atoms with Crippen LogP contribution in [0, 0.1) is 0 Å². The van der Waals surface area contributed by atoms with Gasteiger partial charge in [0.15, 0.2) is 5.15 Å². The summed E-state index contributed by atoms with van der Waals surface area (Å²) in [6, 6.07) is 11.9. The molecule has 0 saturated carbocycles. The van der Waals surface area contributed by atoms with Crippen LogP contribution in [0.1, 0.15) is 0 Å². The second-order valence-electron chi connectivity index (χ2n) is 3.83. The van der Waals surface area contributed by atoms with Crippen LogP contribution in [0.4, 0.5) is 0 Å². The van der Waals surface area contributed by atoms with Gasteiger partial charge in [0.05, 0.1) is 5.52 Å². The number of benzene rings is 1. The molecule has 0 atom stereocenters. The van der Waals surface area contributed by atoms with Crippen LogP contribution < -0.4 is 0 Å². The highest BCUT2D eigenvalue weighted by molar-refractivity contribution is 6.33. The van der Waals surface area contributed by atoms with Crippen molar-refractivity contribution >= 4 is 22.6 Å². The smallest absolute Gasteiger partial charge is 0.154 e. The molecule has 0 aliphatic rings. The van der Waals surface area contributed by atoms with Crippen LogP contribution in [-0.4, -0.2) is 14.5 Å². The second kappa shape index (κ2) is 3.86. The Morgan fingerprint density at radius 2 is 1.88 bits per heavy atom. The van der Waals surface area contributed by atoms with E-state index in [1.807, 2.05) is 48.0 Å². The molecule has 0 bridgehead atoms. The van der Waals surface area contributed by atoms with Gasteiger partial charge in [-0.05, 0) is 6.07 Å². The van der Waals surface area contributed by atoms with Crippen molar-refractivity contribution in [1.29, 1.82) is 0 Å². The molecule has 84 valence electrons. The number of pyridine rings is 1. The summed E-state index contributed by atoms with van der Waals surface area (Å²) in [6.45, 7) is 0. The van der Waals surface area contributed by atoms with E-state index in [0.717, 1.165) is 22.4 Å². The van der Waals surface area contributed by atoms with Crippen molar-refractivity contribution in [2.75, 3.05) is 0 Å². The highest BCUT2D eigenvalue weighted by Gasteiger charge is 2.12. The number of nitrogens with zero attached hydrogens (tertiary/aromatic N) is 3. The molecular weight excluding hydrogens is 234 g/mol. The lowest BCUT2D eigenvalue weighted by atomic mass is 10.2. The lowest BCUT2D eigenvalue weighted by molar-refractivity contribution is 0.956. The minimum Gasteiger partial charge on any atom is -0.325 e. The third-order valence-electron chi connectivity index (χ3n) is 2.77. The van der Waals surface area contributed by atoms with Gasteiger partial charge in [0.1, 0.15) is 11.3 Å². The molecule has 0 fully saturated rings. The molecule has 3 aromatic rings. The van der Waals surface area contributed by atoms with Crippen LogP contribution in [0.2, 0.25) is 5.15 Å². The van der Waals surface area contributed by atoms with Crippen LogP contribution in [0.5, 0.6) is 0 Å². The number of rotatable bonds is 1. The second-order valence-corrected chi connectivity index (χ2v) is 4.19. The van der Waals surface area contributed by atoms with Crippen molar-refractivity contribution in [3.8, 4) is 11.4 Å². The molecule has 0 spiro atoms. The fraction of sp³-hybridized carbons (Fsp3) is 0.0769. The monoisotopic (exact) mass is 243 g/mol. The Bertz CT molecular complexity index is 674. The molecule has 3 rings (SSSR count). The Hall–Kier alpha value is -1.87. The van der Waals surface area contributed by atoms with Crippen molar-refractivity contribution in [3.05, 3.63) is 47.7 Å². The molecule has 2 aromatic heterocycles. The van der Waals surface area contributed by atoms with Gasteiger partial charge >= 0.3 is 0 Å². The summed E-state index contributed by atoms with van der Waals surface area (Å²) in [5.41, 5.74) is 2.81. The minimum absolute atomic E-state index is 0.486. The first kappa shape index (κ1) is 10.3.